The van der Waals surface area contributed by atoms with Crippen LogP contribution in [-0.4, -0.2) is 33.1 Å². The molecule has 2 atom stereocenters. The van der Waals surface area contributed by atoms with Gasteiger partial charge in [-0.15, -0.1) is 11.3 Å². The summed E-state index contributed by atoms with van der Waals surface area (Å²) < 4.78 is 31.3. The van der Waals surface area contributed by atoms with Crippen LogP contribution >= 0.6 is 11.3 Å². The smallest absolute Gasteiger partial charge is 0.306 e. The maximum atomic E-state index is 11.9. The molecule has 0 amide bonds. The SMILES string of the molecule is COc1sccc1S(=O)(=O)NC[C@@H]1C[C@H]1C(=O)O. The molecule has 0 aliphatic heterocycles. The van der Waals surface area contributed by atoms with Crippen molar-refractivity contribution in [1.29, 1.82) is 0 Å². The van der Waals surface area contributed by atoms with Crippen molar-refractivity contribution in [3.05, 3.63) is 11.4 Å². The van der Waals surface area contributed by atoms with E-state index in [1.165, 1.54) is 24.5 Å². The summed E-state index contributed by atoms with van der Waals surface area (Å²) in [6.45, 7) is 0.151. The molecule has 1 saturated carbocycles. The van der Waals surface area contributed by atoms with E-state index in [9.17, 15) is 13.2 Å². The van der Waals surface area contributed by atoms with Gasteiger partial charge in [0.2, 0.25) is 10.0 Å². The van der Waals surface area contributed by atoms with Gasteiger partial charge in [0.05, 0.1) is 13.0 Å². The summed E-state index contributed by atoms with van der Waals surface area (Å²) >= 11 is 1.20. The van der Waals surface area contributed by atoms with Gasteiger partial charge in [0.25, 0.3) is 0 Å². The molecule has 18 heavy (non-hydrogen) atoms. The second-order valence-electron chi connectivity index (χ2n) is 4.07. The molecule has 100 valence electrons. The lowest BCUT2D eigenvalue weighted by Crippen LogP contribution is -2.26. The zero-order chi connectivity index (χ0) is 13.3. The fourth-order valence-corrected chi connectivity index (χ4v) is 4.01. The Balaban J connectivity index is 1.99. The third-order valence-corrected chi connectivity index (χ3v) is 5.30. The number of carbonyl (C=O) groups is 1. The van der Waals surface area contributed by atoms with Gasteiger partial charge >= 0.3 is 5.97 Å². The minimum atomic E-state index is -3.62. The highest BCUT2D eigenvalue weighted by Crippen LogP contribution is 2.38. The molecular weight excluding hydrogens is 278 g/mol. The van der Waals surface area contributed by atoms with Gasteiger partial charge in [-0.1, -0.05) is 0 Å². The number of sulfonamides is 1. The first-order chi connectivity index (χ1) is 8.45. The minimum absolute atomic E-state index is 0.0996. The molecular formula is C10H13NO5S2. The fourth-order valence-electron chi connectivity index (χ4n) is 1.70. The van der Waals surface area contributed by atoms with Gasteiger partial charge < -0.3 is 9.84 Å². The Morgan fingerprint density at radius 3 is 2.94 bits per heavy atom. The van der Waals surface area contributed by atoms with Gasteiger partial charge in [-0.05, 0) is 23.8 Å². The summed E-state index contributed by atoms with van der Waals surface area (Å²) in [7, 11) is -2.21. The van der Waals surface area contributed by atoms with Crippen molar-refractivity contribution in [3.8, 4) is 5.06 Å². The highest BCUT2D eigenvalue weighted by Gasteiger charge is 2.43. The molecule has 0 saturated heterocycles. The first-order valence-electron chi connectivity index (χ1n) is 5.29. The van der Waals surface area contributed by atoms with E-state index < -0.39 is 21.9 Å². The van der Waals surface area contributed by atoms with E-state index in [-0.39, 0.29) is 17.4 Å². The molecule has 0 bridgehead atoms. The van der Waals surface area contributed by atoms with Crippen molar-refractivity contribution >= 4 is 27.3 Å². The predicted octanol–water partition coefficient (Wildman–Crippen LogP) is 0.756. The number of aliphatic carboxylic acids is 1. The lowest BCUT2D eigenvalue weighted by Gasteiger charge is -2.06. The third kappa shape index (κ3) is 2.65. The first kappa shape index (κ1) is 13.3. The number of methoxy groups -OCH3 is 1. The van der Waals surface area contributed by atoms with Crippen LogP contribution in [0.5, 0.6) is 5.06 Å². The molecule has 6 nitrogen and oxygen atoms in total. The number of nitrogens with one attached hydrogen (secondary N) is 1. The average molecular weight is 291 g/mol. The van der Waals surface area contributed by atoms with Crippen LogP contribution in [0.4, 0.5) is 0 Å². The molecule has 1 fully saturated rings. The molecule has 0 spiro atoms. The summed E-state index contributed by atoms with van der Waals surface area (Å²) in [5.74, 6) is -1.40. The van der Waals surface area contributed by atoms with E-state index in [2.05, 4.69) is 4.72 Å². The minimum Gasteiger partial charge on any atom is -0.486 e. The van der Waals surface area contributed by atoms with Crippen LogP contribution in [0.25, 0.3) is 0 Å². The second-order valence-corrected chi connectivity index (χ2v) is 6.68. The lowest BCUT2D eigenvalue weighted by atomic mass is 10.3. The summed E-state index contributed by atoms with van der Waals surface area (Å²) in [4.78, 5) is 10.7. The molecule has 0 radical (unpaired) electrons. The quantitative estimate of drug-likeness (QED) is 0.807. The van der Waals surface area contributed by atoms with Crippen LogP contribution in [0, 0.1) is 11.8 Å². The standard InChI is InChI=1S/C10H13NO5S2/c1-16-10-8(2-3-17-10)18(14,15)11-5-6-4-7(6)9(12)13/h2-3,6-7,11H,4-5H2,1H3,(H,12,13)/t6-,7+/m0/s1. The van der Waals surface area contributed by atoms with Gasteiger partial charge in [-0.3, -0.25) is 4.79 Å². The number of hydrogen-bond donors (Lipinski definition) is 2. The molecule has 1 aliphatic carbocycles. The van der Waals surface area contributed by atoms with Crippen molar-refractivity contribution in [3.63, 3.8) is 0 Å². The van der Waals surface area contributed by atoms with Crippen LogP contribution in [0.1, 0.15) is 6.42 Å². The Hall–Kier alpha value is -1.12. The number of carboxylic acids is 1. The van der Waals surface area contributed by atoms with Gasteiger partial charge in [0.15, 0.2) is 5.06 Å². The van der Waals surface area contributed by atoms with Crippen molar-refractivity contribution < 1.29 is 23.1 Å². The Morgan fingerprint density at radius 2 is 2.39 bits per heavy atom. The monoisotopic (exact) mass is 291 g/mol. The zero-order valence-corrected chi connectivity index (χ0v) is 11.3. The molecule has 0 aromatic carbocycles. The summed E-state index contributed by atoms with van der Waals surface area (Å²) in [5, 5.41) is 10.7. The summed E-state index contributed by atoms with van der Waals surface area (Å²) in [6.07, 6.45) is 0.526. The van der Waals surface area contributed by atoms with Gasteiger partial charge in [-0.2, -0.15) is 0 Å². The van der Waals surface area contributed by atoms with Crippen LogP contribution in [-0.2, 0) is 14.8 Å². The van der Waals surface area contributed by atoms with Crippen molar-refractivity contribution in [2.45, 2.75) is 11.3 Å². The first-order valence-corrected chi connectivity index (χ1v) is 7.66. The van der Waals surface area contributed by atoms with Crippen LogP contribution < -0.4 is 9.46 Å². The van der Waals surface area contributed by atoms with E-state index in [1.807, 2.05) is 0 Å². The Kier molecular flexibility index (Phi) is 3.60. The lowest BCUT2D eigenvalue weighted by molar-refractivity contribution is -0.138. The van der Waals surface area contributed by atoms with Crippen LogP contribution in [0.3, 0.4) is 0 Å². The van der Waals surface area contributed by atoms with Crippen LogP contribution in [0.15, 0.2) is 16.3 Å². The van der Waals surface area contributed by atoms with E-state index in [1.54, 1.807) is 5.38 Å². The molecule has 1 aromatic rings. The molecule has 8 heteroatoms. The molecule has 2 rings (SSSR count). The normalized spacial score (nSPS) is 22.7. The van der Waals surface area contributed by atoms with E-state index >= 15 is 0 Å². The molecule has 1 aromatic heterocycles. The number of thiophene rings is 1. The summed E-state index contributed by atoms with van der Waals surface area (Å²) in [6, 6.07) is 1.47. The maximum absolute atomic E-state index is 11.9. The van der Waals surface area contributed by atoms with Crippen LogP contribution in [0.2, 0.25) is 0 Å². The summed E-state index contributed by atoms with van der Waals surface area (Å²) in [5.41, 5.74) is 0. The molecule has 0 unspecified atom stereocenters. The number of rotatable bonds is 6. The number of carboxylic acid groups (broad SMARTS) is 1. The van der Waals surface area contributed by atoms with Crippen molar-refractivity contribution in [2.75, 3.05) is 13.7 Å². The second kappa shape index (κ2) is 4.87. The maximum Gasteiger partial charge on any atom is 0.306 e. The Labute approximate surface area is 109 Å². The van der Waals surface area contributed by atoms with Gasteiger partial charge in [-0.25, -0.2) is 13.1 Å². The predicted molar refractivity (Wildman–Crippen MR) is 65.3 cm³/mol. The number of ether oxygens (including phenoxy) is 1. The van der Waals surface area contributed by atoms with E-state index in [0.29, 0.717) is 11.5 Å². The van der Waals surface area contributed by atoms with Gasteiger partial charge in [0, 0.05) is 6.54 Å². The third-order valence-electron chi connectivity index (χ3n) is 2.85. The number of hydrogen-bond acceptors (Lipinski definition) is 5. The average Bonchev–Trinajstić information content (AvgIpc) is 2.93. The van der Waals surface area contributed by atoms with E-state index in [0.717, 1.165) is 0 Å². The zero-order valence-electron chi connectivity index (χ0n) is 9.62. The molecule has 2 N–H and O–H groups in total. The highest BCUT2D eigenvalue weighted by atomic mass is 32.2. The van der Waals surface area contributed by atoms with Crippen molar-refractivity contribution in [1.82, 2.24) is 4.72 Å². The van der Waals surface area contributed by atoms with Crippen molar-refractivity contribution in [2.24, 2.45) is 11.8 Å². The largest absolute Gasteiger partial charge is 0.486 e. The Bertz CT molecular complexity index is 550. The molecule has 1 heterocycles. The van der Waals surface area contributed by atoms with Gasteiger partial charge in [0.1, 0.15) is 4.90 Å². The van der Waals surface area contributed by atoms with E-state index in [4.69, 9.17) is 9.84 Å². The Morgan fingerprint density at radius 1 is 1.67 bits per heavy atom. The molecule has 1 aliphatic rings. The highest BCUT2D eigenvalue weighted by molar-refractivity contribution is 7.89. The fraction of sp³-hybridized carbons (Fsp3) is 0.500. The topological polar surface area (TPSA) is 92.7 Å².